The molecule has 2 aromatic rings. The fraction of sp³-hybridized carbons (Fsp3) is 0.350. The Labute approximate surface area is 141 Å². The van der Waals surface area contributed by atoms with E-state index in [0.29, 0.717) is 6.04 Å². The summed E-state index contributed by atoms with van der Waals surface area (Å²) in [6.45, 7) is 0.752. The molecule has 2 aliphatic rings. The Morgan fingerprint density at radius 1 is 1.08 bits per heavy atom. The lowest BCUT2D eigenvalue weighted by Gasteiger charge is -2.24. The van der Waals surface area contributed by atoms with Gasteiger partial charge >= 0.3 is 5.97 Å². The fourth-order valence-corrected chi connectivity index (χ4v) is 4.16. The SMILES string of the molecule is O=C(O)C1CC2CCC1N2Cc1ccccc1Oc1ccccc1. The summed E-state index contributed by atoms with van der Waals surface area (Å²) in [6.07, 6.45) is 2.88. The minimum absolute atomic E-state index is 0.164. The van der Waals surface area contributed by atoms with Crippen molar-refractivity contribution >= 4 is 5.97 Å². The van der Waals surface area contributed by atoms with E-state index < -0.39 is 5.97 Å². The van der Waals surface area contributed by atoms with Crippen molar-refractivity contribution in [3.8, 4) is 11.5 Å². The number of benzene rings is 2. The van der Waals surface area contributed by atoms with Crippen LogP contribution in [0.3, 0.4) is 0 Å². The van der Waals surface area contributed by atoms with Crippen molar-refractivity contribution in [3.05, 3.63) is 60.2 Å². The first-order valence-electron chi connectivity index (χ1n) is 8.52. The number of aliphatic carboxylic acids is 1. The maximum Gasteiger partial charge on any atom is 0.308 e. The van der Waals surface area contributed by atoms with Gasteiger partial charge in [0.25, 0.3) is 0 Å². The normalized spacial score (nSPS) is 25.8. The van der Waals surface area contributed by atoms with E-state index in [2.05, 4.69) is 11.0 Å². The monoisotopic (exact) mass is 323 g/mol. The number of hydrogen-bond donors (Lipinski definition) is 1. The smallest absolute Gasteiger partial charge is 0.308 e. The molecule has 2 fully saturated rings. The number of carboxylic acid groups (broad SMARTS) is 1. The van der Waals surface area contributed by atoms with E-state index in [0.717, 1.165) is 42.9 Å². The molecular weight excluding hydrogens is 302 g/mol. The van der Waals surface area contributed by atoms with Crippen LogP contribution in [0.25, 0.3) is 0 Å². The van der Waals surface area contributed by atoms with Crippen LogP contribution in [-0.2, 0) is 11.3 Å². The van der Waals surface area contributed by atoms with Gasteiger partial charge < -0.3 is 9.84 Å². The fourth-order valence-electron chi connectivity index (χ4n) is 4.16. The second kappa shape index (κ2) is 6.29. The van der Waals surface area contributed by atoms with Gasteiger partial charge in [0.1, 0.15) is 11.5 Å². The number of carbonyl (C=O) groups is 1. The molecule has 2 aromatic carbocycles. The summed E-state index contributed by atoms with van der Waals surface area (Å²) in [6, 6.07) is 18.4. The molecule has 0 aliphatic carbocycles. The van der Waals surface area contributed by atoms with Gasteiger partial charge in [-0.05, 0) is 37.5 Å². The zero-order valence-corrected chi connectivity index (χ0v) is 13.5. The van der Waals surface area contributed by atoms with Crippen LogP contribution in [0.1, 0.15) is 24.8 Å². The van der Waals surface area contributed by atoms with Gasteiger partial charge in [-0.1, -0.05) is 36.4 Å². The summed E-state index contributed by atoms with van der Waals surface area (Å²) in [5.74, 6) is 0.798. The van der Waals surface area contributed by atoms with Crippen molar-refractivity contribution in [2.45, 2.75) is 37.9 Å². The van der Waals surface area contributed by atoms with Crippen LogP contribution in [-0.4, -0.2) is 28.1 Å². The van der Waals surface area contributed by atoms with Crippen molar-refractivity contribution in [1.82, 2.24) is 4.90 Å². The number of nitrogens with zero attached hydrogens (tertiary/aromatic N) is 1. The third kappa shape index (κ3) is 2.78. The minimum atomic E-state index is -0.652. The van der Waals surface area contributed by atoms with E-state index in [9.17, 15) is 9.90 Å². The van der Waals surface area contributed by atoms with Crippen molar-refractivity contribution in [2.75, 3.05) is 0 Å². The average molecular weight is 323 g/mol. The lowest BCUT2D eigenvalue weighted by atomic mass is 9.89. The second-order valence-corrected chi connectivity index (χ2v) is 6.67. The van der Waals surface area contributed by atoms with Gasteiger partial charge in [-0.3, -0.25) is 9.69 Å². The highest BCUT2D eigenvalue weighted by atomic mass is 16.5. The standard InChI is InChI=1S/C20H21NO3/c22-20(23)17-12-15-10-11-18(17)21(15)13-14-6-4-5-9-19(14)24-16-7-2-1-3-8-16/h1-9,15,17-18H,10-13H2,(H,22,23). The Kier molecular flexibility index (Phi) is 3.98. The van der Waals surface area contributed by atoms with Crippen LogP contribution in [0.5, 0.6) is 11.5 Å². The first-order chi connectivity index (χ1) is 11.7. The van der Waals surface area contributed by atoms with Crippen LogP contribution in [0.2, 0.25) is 0 Å². The summed E-state index contributed by atoms with van der Waals surface area (Å²) in [5, 5.41) is 9.42. The number of para-hydroxylation sites is 2. The van der Waals surface area contributed by atoms with Crippen molar-refractivity contribution in [2.24, 2.45) is 5.92 Å². The van der Waals surface area contributed by atoms with E-state index in [1.165, 1.54) is 0 Å². The van der Waals surface area contributed by atoms with Gasteiger partial charge in [-0.15, -0.1) is 0 Å². The van der Waals surface area contributed by atoms with Gasteiger partial charge in [0.05, 0.1) is 5.92 Å². The lowest BCUT2D eigenvalue weighted by molar-refractivity contribution is -0.142. The van der Waals surface area contributed by atoms with E-state index in [-0.39, 0.29) is 12.0 Å². The maximum atomic E-state index is 11.4. The molecule has 4 nitrogen and oxygen atoms in total. The highest BCUT2D eigenvalue weighted by molar-refractivity contribution is 5.71. The molecule has 1 N–H and O–H groups in total. The maximum absolute atomic E-state index is 11.4. The average Bonchev–Trinajstić information content (AvgIpc) is 3.15. The van der Waals surface area contributed by atoms with Crippen LogP contribution in [0.15, 0.2) is 54.6 Å². The summed E-state index contributed by atoms with van der Waals surface area (Å²) < 4.78 is 6.04. The van der Waals surface area contributed by atoms with Crippen LogP contribution < -0.4 is 4.74 Å². The van der Waals surface area contributed by atoms with E-state index in [4.69, 9.17) is 4.74 Å². The number of fused-ring (bicyclic) bond motifs is 2. The highest BCUT2D eigenvalue weighted by Gasteiger charge is 2.49. The number of carboxylic acids is 1. The van der Waals surface area contributed by atoms with Crippen LogP contribution in [0.4, 0.5) is 0 Å². The zero-order chi connectivity index (χ0) is 16.5. The molecule has 0 spiro atoms. The molecular formula is C20H21NO3. The molecule has 4 rings (SSSR count). The summed E-state index contributed by atoms with van der Waals surface area (Å²) in [4.78, 5) is 13.8. The molecule has 3 atom stereocenters. The molecule has 4 heteroatoms. The van der Waals surface area contributed by atoms with Gasteiger partial charge in [-0.2, -0.15) is 0 Å². The van der Waals surface area contributed by atoms with Crippen molar-refractivity contribution < 1.29 is 14.6 Å². The lowest BCUT2D eigenvalue weighted by Crippen LogP contribution is -2.32. The van der Waals surface area contributed by atoms with Gasteiger partial charge in [0.2, 0.25) is 0 Å². The molecule has 24 heavy (non-hydrogen) atoms. The largest absolute Gasteiger partial charge is 0.481 e. The number of ether oxygens (including phenoxy) is 1. The van der Waals surface area contributed by atoms with Crippen molar-refractivity contribution in [1.29, 1.82) is 0 Å². The molecule has 0 saturated carbocycles. The molecule has 0 amide bonds. The summed E-state index contributed by atoms with van der Waals surface area (Å²) in [5.41, 5.74) is 1.12. The third-order valence-corrected chi connectivity index (χ3v) is 5.29. The highest BCUT2D eigenvalue weighted by Crippen LogP contribution is 2.43. The molecule has 0 radical (unpaired) electrons. The first kappa shape index (κ1) is 15.2. The molecule has 2 aliphatic heterocycles. The molecule has 2 bridgehead atoms. The van der Waals surface area contributed by atoms with Crippen LogP contribution in [0, 0.1) is 5.92 Å². The van der Waals surface area contributed by atoms with Crippen molar-refractivity contribution in [3.63, 3.8) is 0 Å². The molecule has 2 saturated heterocycles. The molecule has 2 heterocycles. The van der Waals surface area contributed by atoms with Gasteiger partial charge in [0, 0.05) is 24.2 Å². The Morgan fingerprint density at radius 2 is 1.83 bits per heavy atom. The second-order valence-electron chi connectivity index (χ2n) is 6.67. The first-order valence-corrected chi connectivity index (χ1v) is 8.52. The summed E-state index contributed by atoms with van der Waals surface area (Å²) in [7, 11) is 0. The van der Waals surface area contributed by atoms with E-state index in [1.54, 1.807) is 0 Å². The number of rotatable bonds is 5. The van der Waals surface area contributed by atoms with Crippen LogP contribution >= 0.6 is 0 Å². The Balaban J connectivity index is 1.54. The molecule has 0 aromatic heterocycles. The Bertz CT molecular complexity index is 731. The molecule has 124 valence electrons. The summed E-state index contributed by atoms with van der Waals surface area (Å²) >= 11 is 0. The molecule has 3 unspecified atom stereocenters. The predicted octanol–water partition coefficient (Wildman–Crippen LogP) is 3.92. The minimum Gasteiger partial charge on any atom is -0.481 e. The Hall–Kier alpha value is -2.33. The van der Waals surface area contributed by atoms with Gasteiger partial charge in [-0.25, -0.2) is 0 Å². The number of hydrogen-bond acceptors (Lipinski definition) is 3. The van der Waals surface area contributed by atoms with E-state index in [1.807, 2.05) is 48.5 Å². The van der Waals surface area contributed by atoms with Gasteiger partial charge in [0.15, 0.2) is 0 Å². The van der Waals surface area contributed by atoms with E-state index >= 15 is 0 Å². The third-order valence-electron chi connectivity index (χ3n) is 5.29. The predicted molar refractivity (Wildman–Crippen MR) is 91.1 cm³/mol. The Morgan fingerprint density at radius 3 is 2.58 bits per heavy atom. The zero-order valence-electron chi connectivity index (χ0n) is 13.5. The topological polar surface area (TPSA) is 49.8 Å². The quantitative estimate of drug-likeness (QED) is 0.906.